The summed E-state index contributed by atoms with van der Waals surface area (Å²) in [6, 6.07) is 0. The highest BCUT2D eigenvalue weighted by Gasteiger charge is 2.52. The van der Waals surface area contributed by atoms with Crippen molar-refractivity contribution in [1.82, 2.24) is 0 Å². The predicted molar refractivity (Wildman–Crippen MR) is 41.5 cm³/mol. The lowest BCUT2D eigenvalue weighted by molar-refractivity contribution is 0.110. The lowest BCUT2D eigenvalue weighted by atomic mass is 10.0. The molecule has 1 fully saturated rings. The van der Waals surface area contributed by atoms with Crippen LogP contribution in [0.5, 0.6) is 0 Å². The smallest absolute Gasteiger partial charge is 0.118 e. The standard InChI is InChI=1S/C8H16O3/c1-7-8(11-7,6-10-2)4-3-5-9/h7,9H,3-6H2,1-2H3/t7-,8+/m0/s1. The molecule has 3 heteroatoms. The molecule has 0 amide bonds. The van der Waals surface area contributed by atoms with Crippen LogP contribution in [0, 0.1) is 0 Å². The summed E-state index contributed by atoms with van der Waals surface area (Å²) >= 11 is 0. The predicted octanol–water partition coefficient (Wildman–Crippen LogP) is 0.563. The SMILES string of the molecule is COC[C@@]1(CCCO)O[C@H]1C. The quantitative estimate of drug-likeness (QED) is 0.598. The molecular formula is C8H16O3. The van der Waals surface area contributed by atoms with Gasteiger partial charge in [-0.1, -0.05) is 0 Å². The molecule has 0 saturated carbocycles. The molecule has 1 aliphatic rings. The topological polar surface area (TPSA) is 42.0 Å². The zero-order valence-corrected chi connectivity index (χ0v) is 7.17. The van der Waals surface area contributed by atoms with Crippen LogP contribution in [0.25, 0.3) is 0 Å². The van der Waals surface area contributed by atoms with Gasteiger partial charge in [-0.2, -0.15) is 0 Å². The Hall–Kier alpha value is -0.120. The number of aliphatic hydroxyl groups is 1. The van der Waals surface area contributed by atoms with Crippen LogP contribution in [0.4, 0.5) is 0 Å². The van der Waals surface area contributed by atoms with Crippen molar-refractivity contribution in [2.24, 2.45) is 0 Å². The third-order valence-corrected chi connectivity index (χ3v) is 2.24. The van der Waals surface area contributed by atoms with E-state index in [1.54, 1.807) is 7.11 Å². The van der Waals surface area contributed by atoms with Gasteiger partial charge in [0.25, 0.3) is 0 Å². The van der Waals surface area contributed by atoms with E-state index < -0.39 is 0 Å². The Balaban J connectivity index is 2.25. The van der Waals surface area contributed by atoms with E-state index in [2.05, 4.69) is 0 Å². The van der Waals surface area contributed by atoms with Crippen molar-refractivity contribution < 1.29 is 14.6 Å². The van der Waals surface area contributed by atoms with Crippen LogP contribution in [0.15, 0.2) is 0 Å². The van der Waals surface area contributed by atoms with E-state index in [0.717, 1.165) is 12.8 Å². The first-order valence-corrected chi connectivity index (χ1v) is 4.03. The molecule has 0 unspecified atom stereocenters. The fraction of sp³-hybridized carbons (Fsp3) is 1.00. The number of methoxy groups -OCH3 is 1. The molecule has 0 aliphatic carbocycles. The lowest BCUT2D eigenvalue weighted by Crippen LogP contribution is -2.21. The van der Waals surface area contributed by atoms with Gasteiger partial charge in [-0.3, -0.25) is 0 Å². The van der Waals surface area contributed by atoms with E-state index in [0.29, 0.717) is 12.7 Å². The van der Waals surface area contributed by atoms with Crippen molar-refractivity contribution in [3.05, 3.63) is 0 Å². The Bertz CT molecular complexity index is 127. The summed E-state index contributed by atoms with van der Waals surface area (Å²) in [4.78, 5) is 0. The van der Waals surface area contributed by atoms with Crippen molar-refractivity contribution in [1.29, 1.82) is 0 Å². The monoisotopic (exact) mass is 160 g/mol. The van der Waals surface area contributed by atoms with E-state index in [9.17, 15) is 0 Å². The van der Waals surface area contributed by atoms with E-state index in [1.165, 1.54) is 0 Å². The molecule has 1 aliphatic heterocycles. The Labute approximate surface area is 67.3 Å². The highest BCUT2D eigenvalue weighted by atomic mass is 16.6. The van der Waals surface area contributed by atoms with Gasteiger partial charge < -0.3 is 14.6 Å². The summed E-state index contributed by atoms with van der Waals surface area (Å²) in [7, 11) is 1.68. The van der Waals surface area contributed by atoms with Gasteiger partial charge in [0, 0.05) is 13.7 Å². The zero-order chi connectivity index (χ0) is 8.32. The summed E-state index contributed by atoms with van der Waals surface area (Å²) in [6.45, 7) is 2.92. The first kappa shape index (κ1) is 8.97. The van der Waals surface area contributed by atoms with E-state index in [4.69, 9.17) is 14.6 Å². The van der Waals surface area contributed by atoms with Crippen molar-refractivity contribution >= 4 is 0 Å². The number of ether oxygens (including phenoxy) is 2. The Kier molecular flexibility index (Phi) is 2.87. The molecule has 2 atom stereocenters. The van der Waals surface area contributed by atoms with Gasteiger partial charge in [0.15, 0.2) is 0 Å². The fourth-order valence-electron chi connectivity index (χ4n) is 1.43. The third-order valence-electron chi connectivity index (χ3n) is 2.24. The Morgan fingerprint density at radius 2 is 2.27 bits per heavy atom. The normalized spacial score (nSPS) is 35.7. The van der Waals surface area contributed by atoms with Crippen LogP contribution in [0.3, 0.4) is 0 Å². The van der Waals surface area contributed by atoms with Crippen LogP contribution < -0.4 is 0 Å². The molecule has 66 valence electrons. The molecule has 0 aromatic heterocycles. The van der Waals surface area contributed by atoms with Crippen molar-refractivity contribution in [2.45, 2.75) is 31.5 Å². The number of rotatable bonds is 5. The van der Waals surface area contributed by atoms with E-state index in [-0.39, 0.29) is 12.2 Å². The summed E-state index contributed by atoms with van der Waals surface area (Å²) in [5, 5.41) is 8.62. The number of epoxide rings is 1. The van der Waals surface area contributed by atoms with E-state index >= 15 is 0 Å². The van der Waals surface area contributed by atoms with Crippen LogP contribution >= 0.6 is 0 Å². The second kappa shape index (κ2) is 3.52. The van der Waals surface area contributed by atoms with E-state index in [1.807, 2.05) is 6.92 Å². The summed E-state index contributed by atoms with van der Waals surface area (Å²) in [5.74, 6) is 0. The highest BCUT2D eigenvalue weighted by molar-refractivity contribution is 4.99. The molecule has 11 heavy (non-hydrogen) atoms. The minimum atomic E-state index is -0.0719. The minimum absolute atomic E-state index is 0.0719. The molecule has 1 heterocycles. The second-order valence-electron chi connectivity index (χ2n) is 3.09. The molecule has 1 saturated heterocycles. The molecule has 3 nitrogen and oxygen atoms in total. The second-order valence-corrected chi connectivity index (χ2v) is 3.09. The Morgan fingerprint density at radius 1 is 1.64 bits per heavy atom. The lowest BCUT2D eigenvalue weighted by Gasteiger charge is -2.09. The number of aliphatic hydroxyl groups excluding tert-OH is 1. The maximum atomic E-state index is 8.62. The van der Waals surface area contributed by atoms with Gasteiger partial charge in [-0.15, -0.1) is 0 Å². The van der Waals surface area contributed by atoms with Gasteiger partial charge in [0.05, 0.1) is 12.7 Å². The molecule has 0 aromatic carbocycles. The van der Waals surface area contributed by atoms with Crippen molar-refractivity contribution in [3.8, 4) is 0 Å². The molecule has 0 radical (unpaired) electrons. The van der Waals surface area contributed by atoms with Gasteiger partial charge in [0.2, 0.25) is 0 Å². The maximum absolute atomic E-state index is 8.62. The van der Waals surface area contributed by atoms with Crippen molar-refractivity contribution in [2.75, 3.05) is 20.3 Å². The summed E-state index contributed by atoms with van der Waals surface area (Å²) in [5.41, 5.74) is -0.0719. The largest absolute Gasteiger partial charge is 0.396 e. The van der Waals surface area contributed by atoms with Crippen LogP contribution in [-0.4, -0.2) is 37.1 Å². The maximum Gasteiger partial charge on any atom is 0.118 e. The van der Waals surface area contributed by atoms with Crippen LogP contribution in [-0.2, 0) is 9.47 Å². The fourth-order valence-corrected chi connectivity index (χ4v) is 1.43. The summed E-state index contributed by atoms with van der Waals surface area (Å²) in [6.07, 6.45) is 2.00. The average Bonchev–Trinajstić information content (AvgIpc) is 2.59. The molecule has 1 N–H and O–H groups in total. The highest BCUT2D eigenvalue weighted by Crippen LogP contribution is 2.40. The molecule has 0 spiro atoms. The molecule has 0 aromatic rings. The first-order chi connectivity index (χ1) is 5.25. The van der Waals surface area contributed by atoms with Gasteiger partial charge in [-0.05, 0) is 19.8 Å². The van der Waals surface area contributed by atoms with Crippen LogP contribution in [0.1, 0.15) is 19.8 Å². The molecule has 0 bridgehead atoms. The Morgan fingerprint density at radius 3 is 2.64 bits per heavy atom. The first-order valence-electron chi connectivity index (χ1n) is 4.03. The van der Waals surface area contributed by atoms with Crippen molar-refractivity contribution in [3.63, 3.8) is 0 Å². The number of hydrogen-bond acceptors (Lipinski definition) is 3. The van der Waals surface area contributed by atoms with Gasteiger partial charge in [-0.25, -0.2) is 0 Å². The third kappa shape index (κ3) is 1.92. The average molecular weight is 160 g/mol. The van der Waals surface area contributed by atoms with Gasteiger partial charge >= 0.3 is 0 Å². The minimum Gasteiger partial charge on any atom is -0.396 e. The summed E-state index contributed by atoms with van der Waals surface area (Å²) < 4.78 is 10.4. The van der Waals surface area contributed by atoms with Gasteiger partial charge in [0.1, 0.15) is 5.60 Å². The molecular weight excluding hydrogens is 144 g/mol. The number of hydrogen-bond donors (Lipinski definition) is 1. The molecule has 1 rings (SSSR count). The zero-order valence-electron chi connectivity index (χ0n) is 7.17. The van der Waals surface area contributed by atoms with Crippen LogP contribution in [0.2, 0.25) is 0 Å².